The first-order valence-corrected chi connectivity index (χ1v) is 1.88. The fourth-order valence-corrected chi connectivity index (χ4v) is 0.163. The van der Waals surface area contributed by atoms with Crippen molar-refractivity contribution in [1.82, 2.24) is 5.32 Å². The Hall–Kier alpha value is -1.26. The maximum absolute atomic E-state index is 9.75. The molecule has 0 bridgehead atoms. The molecule has 4 N–H and O–H groups in total. The highest BCUT2D eigenvalue weighted by Gasteiger charge is 1.95. The van der Waals surface area contributed by atoms with Gasteiger partial charge in [0.05, 0.1) is 0 Å². The van der Waals surface area contributed by atoms with Crippen LogP contribution in [-0.2, 0) is 4.79 Å². The molecule has 0 aliphatic heterocycles. The van der Waals surface area contributed by atoms with Gasteiger partial charge >= 0.3 is 12.0 Å². The van der Waals surface area contributed by atoms with Gasteiger partial charge in [0, 0.05) is 0 Å². The van der Waals surface area contributed by atoms with Gasteiger partial charge in [-0.05, 0) is 0 Å². The lowest BCUT2D eigenvalue weighted by Crippen LogP contribution is -2.33. The van der Waals surface area contributed by atoms with Gasteiger partial charge < -0.3 is 16.2 Å². The van der Waals surface area contributed by atoms with Crippen molar-refractivity contribution in [2.24, 2.45) is 5.73 Å². The number of aliphatic carboxylic acids is 1. The molecule has 0 rings (SSSR count). The molecule has 5 nitrogen and oxygen atoms in total. The SMILES string of the molecule is NC(=O)NCC(=O)O. The summed E-state index contributed by atoms with van der Waals surface area (Å²) in [6.07, 6.45) is 0. The molecule has 0 atom stereocenters. The van der Waals surface area contributed by atoms with Crippen LogP contribution < -0.4 is 11.1 Å². The van der Waals surface area contributed by atoms with E-state index in [-0.39, 0.29) is 0 Å². The average molecular weight is 118 g/mol. The Morgan fingerprint density at radius 1 is 1.62 bits per heavy atom. The molecule has 0 aromatic rings. The smallest absolute Gasteiger partial charge is 0.323 e. The minimum Gasteiger partial charge on any atom is -0.480 e. The molecule has 0 saturated heterocycles. The van der Waals surface area contributed by atoms with Crippen molar-refractivity contribution in [3.8, 4) is 0 Å². The van der Waals surface area contributed by atoms with E-state index in [0.29, 0.717) is 0 Å². The molecule has 2 amide bonds. The summed E-state index contributed by atoms with van der Waals surface area (Å²) in [6, 6.07) is -0.826. The molecule has 0 aliphatic rings. The summed E-state index contributed by atoms with van der Waals surface area (Å²) in [5.74, 6) is -1.11. The second-order valence-electron chi connectivity index (χ2n) is 1.11. The van der Waals surface area contributed by atoms with Crippen molar-refractivity contribution in [3.05, 3.63) is 0 Å². The maximum Gasteiger partial charge on any atom is 0.323 e. The fourth-order valence-electron chi connectivity index (χ4n) is 0.163. The number of hydrogen-bond acceptors (Lipinski definition) is 2. The normalized spacial score (nSPS) is 8.00. The van der Waals surface area contributed by atoms with Crippen LogP contribution in [0, 0.1) is 0 Å². The Labute approximate surface area is 45.5 Å². The lowest BCUT2D eigenvalue weighted by Gasteiger charge is -1.92. The van der Waals surface area contributed by atoms with Crippen molar-refractivity contribution in [2.45, 2.75) is 0 Å². The first kappa shape index (κ1) is 6.74. The number of hydrogen-bond donors (Lipinski definition) is 3. The fraction of sp³-hybridized carbons (Fsp3) is 0.333. The molecule has 0 aromatic heterocycles. The molecule has 5 heteroatoms. The summed E-state index contributed by atoms with van der Waals surface area (Å²) < 4.78 is 0. The van der Waals surface area contributed by atoms with Gasteiger partial charge in [-0.3, -0.25) is 4.79 Å². The predicted octanol–water partition coefficient (Wildman–Crippen LogP) is -1.26. The van der Waals surface area contributed by atoms with Crippen LogP contribution in [0.2, 0.25) is 0 Å². The van der Waals surface area contributed by atoms with Gasteiger partial charge in [-0.25, -0.2) is 4.79 Å². The molecule has 0 saturated carbocycles. The standard InChI is InChI=1S/C3H6N2O3/c4-3(8)5-1-2(6)7/h1H2,(H,6,7)(H3,4,5,8). The predicted molar refractivity (Wildman–Crippen MR) is 25.2 cm³/mol. The number of carboxylic acids is 1. The number of rotatable bonds is 2. The van der Waals surface area contributed by atoms with E-state index in [1.807, 2.05) is 5.32 Å². The lowest BCUT2D eigenvalue weighted by atomic mass is 10.7. The van der Waals surface area contributed by atoms with E-state index in [4.69, 9.17) is 5.11 Å². The second kappa shape index (κ2) is 2.84. The third-order valence-electron chi connectivity index (χ3n) is 0.414. The molecule has 46 valence electrons. The minimum atomic E-state index is -1.11. The number of carbonyl (C=O) groups excluding carboxylic acids is 1. The summed E-state index contributed by atoms with van der Waals surface area (Å²) in [6.45, 7) is -0.421. The van der Waals surface area contributed by atoms with E-state index < -0.39 is 18.5 Å². The zero-order chi connectivity index (χ0) is 6.57. The van der Waals surface area contributed by atoms with Crippen LogP contribution in [0.1, 0.15) is 0 Å². The number of urea groups is 1. The molecular formula is C3H6N2O3. The first-order chi connectivity index (χ1) is 3.63. The topological polar surface area (TPSA) is 92.4 Å². The largest absolute Gasteiger partial charge is 0.480 e. The summed E-state index contributed by atoms with van der Waals surface area (Å²) in [5.41, 5.74) is 4.53. The molecule has 0 fully saturated rings. The van der Waals surface area contributed by atoms with E-state index in [2.05, 4.69) is 5.73 Å². The van der Waals surface area contributed by atoms with Crippen LogP contribution >= 0.6 is 0 Å². The summed E-state index contributed by atoms with van der Waals surface area (Å²) in [4.78, 5) is 19.4. The Morgan fingerprint density at radius 2 is 2.12 bits per heavy atom. The van der Waals surface area contributed by atoms with E-state index in [1.165, 1.54) is 0 Å². The summed E-state index contributed by atoms with van der Waals surface area (Å²) in [7, 11) is 0. The molecule has 0 heterocycles. The zero-order valence-electron chi connectivity index (χ0n) is 4.05. The third kappa shape index (κ3) is 4.74. The van der Waals surface area contributed by atoms with Crippen LogP contribution in [-0.4, -0.2) is 23.7 Å². The number of nitrogens with one attached hydrogen (secondary N) is 1. The second-order valence-corrected chi connectivity index (χ2v) is 1.11. The van der Waals surface area contributed by atoms with Gasteiger partial charge in [0.2, 0.25) is 0 Å². The number of carbonyl (C=O) groups is 2. The maximum atomic E-state index is 9.75. The van der Waals surface area contributed by atoms with Gasteiger partial charge in [-0.15, -0.1) is 0 Å². The quantitative estimate of drug-likeness (QED) is 0.422. The lowest BCUT2D eigenvalue weighted by molar-refractivity contribution is -0.135. The van der Waals surface area contributed by atoms with E-state index in [9.17, 15) is 9.59 Å². The van der Waals surface area contributed by atoms with E-state index in [1.54, 1.807) is 0 Å². The Bertz CT molecular complexity index is 97.1. The van der Waals surface area contributed by atoms with Crippen LogP contribution in [0.5, 0.6) is 0 Å². The molecule has 0 unspecified atom stereocenters. The van der Waals surface area contributed by atoms with Crippen molar-refractivity contribution < 1.29 is 14.7 Å². The molecule has 0 aromatic carbocycles. The number of carboxylic acid groups (broad SMARTS) is 1. The van der Waals surface area contributed by atoms with Crippen molar-refractivity contribution in [1.29, 1.82) is 0 Å². The van der Waals surface area contributed by atoms with E-state index >= 15 is 0 Å². The van der Waals surface area contributed by atoms with Crippen molar-refractivity contribution in [3.63, 3.8) is 0 Å². The Kier molecular flexibility index (Phi) is 2.39. The third-order valence-corrected chi connectivity index (χ3v) is 0.414. The van der Waals surface area contributed by atoms with Crippen LogP contribution in [0.25, 0.3) is 0 Å². The Balaban J connectivity index is 3.18. The first-order valence-electron chi connectivity index (χ1n) is 1.88. The molecule has 0 aliphatic carbocycles. The average Bonchev–Trinajstić information content (AvgIpc) is 1.61. The van der Waals surface area contributed by atoms with Gasteiger partial charge in [-0.2, -0.15) is 0 Å². The molecule has 0 radical (unpaired) electrons. The van der Waals surface area contributed by atoms with E-state index in [0.717, 1.165) is 0 Å². The number of nitrogens with two attached hydrogens (primary N) is 1. The minimum absolute atomic E-state index is 0.421. The van der Waals surface area contributed by atoms with Gasteiger partial charge in [0.1, 0.15) is 6.54 Å². The molecule has 0 spiro atoms. The Morgan fingerprint density at radius 3 is 2.25 bits per heavy atom. The van der Waals surface area contributed by atoms with Crippen molar-refractivity contribution >= 4 is 12.0 Å². The van der Waals surface area contributed by atoms with Crippen molar-refractivity contribution in [2.75, 3.05) is 6.54 Å². The molecule has 8 heavy (non-hydrogen) atoms. The summed E-state index contributed by atoms with van der Waals surface area (Å²) in [5, 5.41) is 9.78. The number of primary amides is 1. The number of amides is 2. The van der Waals surface area contributed by atoms with Gasteiger partial charge in [0.15, 0.2) is 0 Å². The highest BCUT2D eigenvalue weighted by Crippen LogP contribution is 1.57. The molecular weight excluding hydrogens is 112 g/mol. The van der Waals surface area contributed by atoms with Crippen LogP contribution in [0.3, 0.4) is 0 Å². The van der Waals surface area contributed by atoms with Crippen LogP contribution in [0.4, 0.5) is 4.79 Å². The van der Waals surface area contributed by atoms with Gasteiger partial charge in [0.25, 0.3) is 0 Å². The summed E-state index contributed by atoms with van der Waals surface area (Å²) >= 11 is 0. The highest BCUT2D eigenvalue weighted by molar-refractivity contribution is 5.78. The monoisotopic (exact) mass is 118 g/mol. The zero-order valence-corrected chi connectivity index (χ0v) is 4.05. The highest BCUT2D eigenvalue weighted by atomic mass is 16.4. The van der Waals surface area contributed by atoms with Crippen LogP contribution in [0.15, 0.2) is 0 Å². The van der Waals surface area contributed by atoms with Gasteiger partial charge in [-0.1, -0.05) is 0 Å².